The van der Waals surface area contributed by atoms with Gasteiger partial charge in [0.05, 0.1) is 5.56 Å². The number of hydrogen-bond acceptors (Lipinski definition) is 4. The van der Waals surface area contributed by atoms with Crippen LogP contribution in [-0.4, -0.2) is 23.1 Å². The van der Waals surface area contributed by atoms with E-state index in [2.05, 4.69) is 0 Å². The maximum atomic E-state index is 12.0. The number of carbonyl (C=O) groups is 1. The Labute approximate surface area is 111 Å². The molecule has 0 fully saturated rings. The van der Waals surface area contributed by atoms with E-state index in [1.807, 2.05) is 13.0 Å². The third-order valence-corrected chi connectivity index (χ3v) is 2.66. The first-order chi connectivity index (χ1) is 9.08. The summed E-state index contributed by atoms with van der Waals surface area (Å²) >= 11 is 0. The number of carbonyl (C=O) groups excluding carboxylic acids is 1. The van der Waals surface area contributed by atoms with Crippen molar-refractivity contribution in [2.45, 2.75) is 6.92 Å². The van der Waals surface area contributed by atoms with Gasteiger partial charge in [0, 0.05) is 0 Å². The SMILES string of the molecule is Cc1ccc(B(O)O)c(C(=O)Oc2ccccc2)c1. The second-order valence-corrected chi connectivity index (χ2v) is 4.17. The molecule has 0 amide bonds. The largest absolute Gasteiger partial charge is 0.489 e. The summed E-state index contributed by atoms with van der Waals surface area (Å²) in [6.45, 7) is 1.81. The highest BCUT2D eigenvalue weighted by Gasteiger charge is 2.21. The first-order valence-electron chi connectivity index (χ1n) is 5.82. The zero-order valence-electron chi connectivity index (χ0n) is 10.4. The predicted octanol–water partition coefficient (Wildman–Crippen LogP) is 0.894. The molecule has 19 heavy (non-hydrogen) atoms. The summed E-state index contributed by atoms with van der Waals surface area (Å²) in [4.78, 5) is 12.0. The molecule has 0 saturated carbocycles. The minimum atomic E-state index is -1.71. The maximum Gasteiger partial charge on any atom is 0.489 e. The van der Waals surface area contributed by atoms with Crippen molar-refractivity contribution in [2.75, 3.05) is 0 Å². The topological polar surface area (TPSA) is 66.8 Å². The van der Waals surface area contributed by atoms with E-state index in [0.717, 1.165) is 5.56 Å². The molecule has 0 aliphatic carbocycles. The molecular weight excluding hydrogens is 243 g/mol. The molecule has 0 heterocycles. The second kappa shape index (κ2) is 5.69. The molecule has 96 valence electrons. The van der Waals surface area contributed by atoms with Crippen LogP contribution in [0.5, 0.6) is 5.75 Å². The Morgan fingerprint density at radius 2 is 1.79 bits per heavy atom. The van der Waals surface area contributed by atoms with Crippen molar-refractivity contribution in [2.24, 2.45) is 0 Å². The van der Waals surface area contributed by atoms with Crippen LogP contribution in [0, 0.1) is 6.92 Å². The van der Waals surface area contributed by atoms with E-state index in [1.54, 1.807) is 36.4 Å². The van der Waals surface area contributed by atoms with E-state index in [-0.39, 0.29) is 11.0 Å². The molecule has 5 heteroatoms. The molecule has 4 nitrogen and oxygen atoms in total. The van der Waals surface area contributed by atoms with E-state index >= 15 is 0 Å². The smallest absolute Gasteiger partial charge is 0.423 e. The molecule has 2 aromatic carbocycles. The number of esters is 1. The molecule has 0 aliphatic rings. The van der Waals surface area contributed by atoms with E-state index in [1.165, 1.54) is 6.07 Å². The molecule has 2 aromatic rings. The van der Waals surface area contributed by atoms with E-state index in [4.69, 9.17) is 4.74 Å². The Kier molecular flexibility index (Phi) is 3.99. The van der Waals surface area contributed by atoms with Gasteiger partial charge in [-0.2, -0.15) is 0 Å². The zero-order valence-corrected chi connectivity index (χ0v) is 10.4. The van der Waals surface area contributed by atoms with Crippen LogP contribution in [-0.2, 0) is 0 Å². The van der Waals surface area contributed by atoms with Crippen LogP contribution in [0.3, 0.4) is 0 Å². The van der Waals surface area contributed by atoms with Crippen LogP contribution in [0.15, 0.2) is 48.5 Å². The van der Waals surface area contributed by atoms with Gasteiger partial charge < -0.3 is 14.8 Å². The van der Waals surface area contributed by atoms with Crippen molar-refractivity contribution >= 4 is 18.6 Å². The number of hydrogen-bond donors (Lipinski definition) is 2. The standard InChI is InChI=1S/C14H13BO4/c1-10-7-8-13(15(17)18)12(9-10)14(16)19-11-5-3-2-4-6-11/h2-9,17-18H,1H3. The summed E-state index contributed by atoms with van der Waals surface area (Å²) in [6, 6.07) is 13.4. The number of rotatable bonds is 3. The fourth-order valence-electron chi connectivity index (χ4n) is 1.72. The normalized spacial score (nSPS) is 10.1. The van der Waals surface area contributed by atoms with E-state index in [9.17, 15) is 14.8 Å². The van der Waals surface area contributed by atoms with Gasteiger partial charge in [-0.1, -0.05) is 35.9 Å². The third-order valence-electron chi connectivity index (χ3n) is 2.66. The summed E-state index contributed by atoms with van der Waals surface area (Å²) < 4.78 is 5.19. The minimum absolute atomic E-state index is 0.131. The van der Waals surface area contributed by atoms with Crippen LogP contribution in [0.25, 0.3) is 0 Å². The van der Waals surface area contributed by atoms with Crippen LogP contribution in [0.2, 0.25) is 0 Å². The first kappa shape index (κ1) is 13.3. The van der Waals surface area contributed by atoms with E-state index in [0.29, 0.717) is 5.75 Å². The highest BCUT2D eigenvalue weighted by atomic mass is 16.5. The van der Waals surface area contributed by atoms with Crippen molar-refractivity contribution < 1.29 is 19.6 Å². The van der Waals surface area contributed by atoms with Gasteiger partial charge in [-0.05, 0) is 30.6 Å². The Hall–Kier alpha value is -2.11. The molecule has 0 radical (unpaired) electrons. The lowest BCUT2D eigenvalue weighted by Gasteiger charge is -2.09. The van der Waals surface area contributed by atoms with Crippen molar-refractivity contribution in [3.05, 3.63) is 59.7 Å². The van der Waals surface area contributed by atoms with Gasteiger partial charge in [-0.25, -0.2) is 4.79 Å². The lowest BCUT2D eigenvalue weighted by molar-refractivity contribution is 0.0735. The van der Waals surface area contributed by atoms with Crippen molar-refractivity contribution in [3.63, 3.8) is 0 Å². The van der Waals surface area contributed by atoms with Crippen molar-refractivity contribution in [1.29, 1.82) is 0 Å². The van der Waals surface area contributed by atoms with Crippen LogP contribution < -0.4 is 10.2 Å². The van der Waals surface area contributed by atoms with Gasteiger partial charge in [0.25, 0.3) is 0 Å². The minimum Gasteiger partial charge on any atom is -0.423 e. The Morgan fingerprint density at radius 3 is 2.42 bits per heavy atom. The summed E-state index contributed by atoms with van der Waals surface area (Å²) in [5, 5.41) is 18.5. The Balaban J connectivity index is 2.30. The lowest BCUT2D eigenvalue weighted by Crippen LogP contribution is -2.35. The predicted molar refractivity (Wildman–Crippen MR) is 72.4 cm³/mol. The maximum absolute atomic E-state index is 12.0. The summed E-state index contributed by atoms with van der Waals surface area (Å²) in [7, 11) is -1.71. The molecule has 2 N–H and O–H groups in total. The van der Waals surface area contributed by atoms with Crippen LogP contribution in [0.1, 0.15) is 15.9 Å². The number of benzene rings is 2. The summed E-state index contributed by atoms with van der Waals surface area (Å²) in [5.41, 5.74) is 1.12. The fraction of sp³-hybridized carbons (Fsp3) is 0.0714. The zero-order chi connectivity index (χ0) is 13.8. The molecule has 0 unspecified atom stereocenters. The summed E-state index contributed by atoms with van der Waals surface area (Å²) in [6.07, 6.45) is 0. The monoisotopic (exact) mass is 256 g/mol. The van der Waals surface area contributed by atoms with Gasteiger partial charge in [0.2, 0.25) is 0 Å². The number of ether oxygens (including phenoxy) is 1. The molecule has 0 saturated heterocycles. The van der Waals surface area contributed by atoms with Crippen molar-refractivity contribution in [1.82, 2.24) is 0 Å². The highest BCUT2D eigenvalue weighted by Crippen LogP contribution is 2.12. The van der Waals surface area contributed by atoms with Gasteiger partial charge in [0.1, 0.15) is 5.75 Å². The molecular formula is C14H13BO4. The molecule has 0 aliphatic heterocycles. The summed E-state index contributed by atoms with van der Waals surface area (Å²) in [5.74, 6) is -0.203. The number of aryl methyl sites for hydroxylation is 1. The first-order valence-corrected chi connectivity index (χ1v) is 5.82. The molecule has 0 spiro atoms. The molecule has 2 rings (SSSR count). The fourth-order valence-corrected chi connectivity index (χ4v) is 1.72. The Morgan fingerprint density at radius 1 is 1.11 bits per heavy atom. The van der Waals surface area contributed by atoms with Crippen LogP contribution >= 0.6 is 0 Å². The van der Waals surface area contributed by atoms with Gasteiger partial charge in [0.15, 0.2) is 0 Å². The van der Waals surface area contributed by atoms with Crippen molar-refractivity contribution in [3.8, 4) is 5.75 Å². The average Bonchev–Trinajstić information content (AvgIpc) is 2.39. The molecule has 0 bridgehead atoms. The lowest BCUT2D eigenvalue weighted by atomic mass is 9.76. The van der Waals surface area contributed by atoms with Gasteiger partial charge in [-0.3, -0.25) is 0 Å². The third kappa shape index (κ3) is 3.22. The average molecular weight is 256 g/mol. The number of para-hydroxylation sites is 1. The molecule has 0 atom stereocenters. The van der Waals surface area contributed by atoms with E-state index < -0.39 is 13.1 Å². The van der Waals surface area contributed by atoms with Crippen LogP contribution in [0.4, 0.5) is 0 Å². The molecule has 0 aromatic heterocycles. The Bertz CT molecular complexity index is 581. The van der Waals surface area contributed by atoms with Gasteiger partial charge in [-0.15, -0.1) is 0 Å². The second-order valence-electron chi connectivity index (χ2n) is 4.17. The van der Waals surface area contributed by atoms with Gasteiger partial charge >= 0.3 is 13.1 Å². The highest BCUT2D eigenvalue weighted by molar-refractivity contribution is 6.60. The quantitative estimate of drug-likeness (QED) is 0.486.